The van der Waals surface area contributed by atoms with Gasteiger partial charge < -0.3 is 9.64 Å². The fraction of sp³-hybridized carbons (Fsp3) is 0.500. The summed E-state index contributed by atoms with van der Waals surface area (Å²) in [5, 5.41) is 8.63. The quantitative estimate of drug-likeness (QED) is 0.546. The number of aromatic nitrogens is 3. The Hall–Kier alpha value is -2.35. The first kappa shape index (κ1) is 20.4. The molecule has 28 heavy (non-hydrogen) atoms. The molecular formula is C20H26N4O3S. The number of para-hydroxylation sites is 1. The summed E-state index contributed by atoms with van der Waals surface area (Å²) >= 11 is 1.40. The van der Waals surface area contributed by atoms with Crippen LogP contribution in [0.2, 0.25) is 0 Å². The summed E-state index contributed by atoms with van der Waals surface area (Å²) < 4.78 is 7.01. The standard InChI is InChI=1S/C20H26N4O3S/c1-4-27-19(26)16-9-11-23(12-10-16)18(25)15(3)28-20-22-21-13-24(20)17-8-6-5-7-14(17)2/h5-8,13,15-16H,4,9-12H2,1-3H3/t15-/m0/s1. The average molecular weight is 403 g/mol. The predicted octanol–water partition coefficient (Wildman–Crippen LogP) is 2.86. The van der Waals surface area contributed by atoms with Crippen molar-refractivity contribution in [2.24, 2.45) is 5.92 Å². The number of thioether (sulfide) groups is 1. The maximum atomic E-state index is 12.9. The second kappa shape index (κ2) is 9.23. The van der Waals surface area contributed by atoms with E-state index in [1.165, 1.54) is 11.8 Å². The molecule has 0 N–H and O–H groups in total. The Kier molecular flexibility index (Phi) is 6.72. The van der Waals surface area contributed by atoms with Gasteiger partial charge in [0.25, 0.3) is 0 Å². The highest BCUT2D eigenvalue weighted by molar-refractivity contribution is 8.00. The lowest BCUT2D eigenvalue weighted by atomic mass is 9.97. The molecule has 0 bridgehead atoms. The number of likely N-dealkylation sites (tertiary alicyclic amines) is 1. The Balaban J connectivity index is 1.61. The first-order chi connectivity index (χ1) is 13.5. The molecule has 2 heterocycles. The molecule has 7 nitrogen and oxygen atoms in total. The van der Waals surface area contributed by atoms with Crippen LogP contribution in [0.1, 0.15) is 32.3 Å². The van der Waals surface area contributed by atoms with Crippen LogP contribution in [0, 0.1) is 12.8 Å². The average Bonchev–Trinajstić information content (AvgIpc) is 3.16. The van der Waals surface area contributed by atoms with E-state index in [-0.39, 0.29) is 23.0 Å². The molecule has 1 saturated heterocycles. The van der Waals surface area contributed by atoms with Crippen LogP contribution in [-0.2, 0) is 14.3 Å². The topological polar surface area (TPSA) is 77.3 Å². The number of carbonyl (C=O) groups excluding carboxylic acids is 2. The molecule has 0 aliphatic carbocycles. The van der Waals surface area contributed by atoms with Crippen LogP contribution in [0.5, 0.6) is 0 Å². The molecule has 0 spiro atoms. The van der Waals surface area contributed by atoms with E-state index in [2.05, 4.69) is 10.2 Å². The number of rotatable bonds is 6. The van der Waals surface area contributed by atoms with Gasteiger partial charge in [0.1, 0.15) is 6.33 Å². The highest BCUT2D eigenvalue weighted by atomic mass is 32.2. The minimum absolute atomic E-state index is 0.0617. The molecule has 1 fully saturated rings. The van der Waals surface area contributed by atoms with Crippen molar-refractivity contribution < 1.29 is 14.3 Å². The number of piperidine rings is 1. The molecule has 1 aliphatic heterocycles. The molecule has 8 heteroatoms. The zero-order valence-corrected chi connectivity index (χ0v) is 17.3. The van der Waals surface area contributed by atoms with E-state index in [0.29, 0.717) is 37.7 Å². The lowest BCUT2D eigenvalue weighted by Gasteiger charge is -2.32. The van der Waals surface area contributed by atoms with Crippen LogP contribution in [0.15, 0.2) is 35.7 Å². The Morgan fingerprint density at radius 1 is 1.29 bits per heavy atom. The minimum Gasteiger partial charge on any atom is -0.466 e. The number of aryl methyl sites for hydroxylation is 1. The summed E-state index contributed by atoms with van der Waals surface area (Å²) in [6.07, 6.45) is 2.98. The fourth-order valence-electron chi connectivity index (χ4n) is 3.37. The Bertz CT molecular complexity index is 830. The van der Waals surface area contributed by atoms with Crippen molar-refractivity contribution in [2.45, 2.75) is 44.0 Å². The van der Waals surface area contributed by atoms with Gasteiger partial charge in [-0.1, -0.05) is 30.0 Å². The molecule has 150 valence electrons. The Morgan fingerprint density at radius 2 is 2.00 bits per heavy atom. The van der Waals surface area contributed by atoms with Gasteiger partial charge in [0, 0.05) is 13.1 Å². The fourth-order valence-corrected chi connectivity index (χ4v) is 4.28. The lowest BCUT2D eigenvalue weighted by Crippen LogP contribution is -2.43. The Morgan fingerprint density at radius 3 is 2.68 bits per heavy atom. The number of carbonyl (C=O) groups is 2. The van der Waals surface area contributed by atoms with E-state index in [1.54, 1.807) is 6.33 Å². The summed E-state index contributed by atoms with van der Waals surface area (Å²) in [6, 6.07) is 8.00. The van der Waals surface area contributed by atoms with E-state index < -0.39 is 0 Å². The summed E-state index contributed by atoms with van der Waals surface area (Å²) in [4.78, 5) is 26.6. The van der Waals surface area contributed by atoms with Gasteiger partial charge in [0.15, 0.2) is 5.16 Å². The zero-order chi connectivity index (χ0) is 20.1. The normalized spacial score (nSPS) is 16.0. The number of nitrogens with zero attached hydrogens (tertiary/aromatic N) is 4. The van der Waals surface area contributed by atoms with Crippen molar-refractivity contribution >= 4 is 23.6 Å². The summed E-state index contributed by atoms with van der Waals surface area (Å²) in [5.41, 5.74) is 2.12. The van der Waals surface area contributed by atoms with Gasteiger partial charge in [-0.2, -0.15) is 0 Å². The van der Waals surface area contributed by atoms with Crippen molar-refractivity contribution in [1.29, 1.82) is 0 Å². The molecule has 0 saturated carbocycles. The van der Waals surface area contributed by atoms with Gasteiger partial charge >= 0.3 is 5.97 Å². The number of esters is 1. The molecule has 2 aromatic rings. The highest BCUT2D eigenvalue weighted by Crippen LogP contribution is 2.27. The van der Waals surface area contributed by atoms with E-state index in [9.17, 15) is 9.59 Å². The Labute approximate surface area is 169 Å². The second-order valence-electron chi connectivity index (χ2n) is 6.88. The van der Waals surface area contributed by atoms with Crippen LogP contribution in [0.3, 0.4) is 0 Å². The third-order valence-corrected chi connectivity index (χ3v) is 5.99. The monoisotopic (exact) mass is 402 g/mol. The van der Waals surface area contributed by atoms with Gasteiger partial charge in [0.2, 0.25) is 5.91 Å². The molecule has 0 radical (unpaired) electrons. The number of amides is 1. The van der Waals surface area contributed by atoms with E-state index in [0.717, 1.165) is 11.3 Å². The number of benzene rings is 1. The van der Waals surface area contributed by atoms with Gasteiger partial charge in [-0.15, -0.1) is 10.2 Å². The smallest absolute Gasteiger partial charge is 0.309 e. The number of hydrogen-bond donors (Lipinski definition) is 0. The van der Waals surface area contributed by atoms with Crippen molar-refractivity contribution in [3.8, 4) is 5.69 Å². The first-order valence-corrected chi connectivity index (χ1v) is 10.5. The van der Waals surface area contributed by atoms with Crippen LogP contribution < -0.4 is 0 Å². The van der Waals surface area contributed by atoms with Crippen LogP contribution in [0.25, 0.3) is 5.69 Å². The van der Waals surface area contributed by atoms with Crippen LogP contribution in [0.4, 0.5) is 0 Å². The van der Waals surface area contributed by atoms with Crippen molar-refractivity contribution in [3.05, 3.63) is 36.2 Å². The van der Waals surface area contributed by atoms with Crippen LogP contribution >= 0.6 is 11.8 Å². The van der Waals surface area contributed by atoms with Gasteiger partial charge in [0.05, 0.1) is 23.5 Å². The lowest BCUT2D eigenvalue weighted by molar-refractivity contribution is -0.151. The molecule has 1 aliphatic rings. The molecule has 3 rings (SSSR count). The molecule has 0 unspecified atom stereocenters. The van der Waals surface area contributed by atoms with Crippen molar-refractivity contribution in [1.82, 2.24) is 19.7 Å². The van der Waals surface area contributed by atoms with E-state index >= 15 is 0 Å². The predicted molar refractivity (Wildman–Crippen MR) is 107 cm³/mol. The first-order valence-electron chi connectivity index (χ1n) is 9.59. The molecule has 1 aromatic carbocycles. The van der Waals surface area contributed by atoms with E-state index in [1.807, 2.05) is 54.5 Å². The van der Waals surface area contributed by atoms with Crippen molar-refractivity contribution in [3.63, 3.8) is 0 Å². The number of hydrogen-bond acceptors (Lipinski definition) is 6. The van der Waals surface area contributed by atoms with Crippen LogP contribution in [-0.4, -0.2) is 56.5 Å². The zero-order valence-electron chi connectivity index (χ0n) is 16.5. The SMILES string of the molecule is CCOC(=O)C1CCN(C(=O)[C@H](C)Sc2nncn2-c2ccccc2C)CC1. The summed E-state index contributed by atoms with van der Waals surface area (Å²) in [6.45, 7) is 7.29. The molecule has 1 aromatic heterocycles. The van der Waals surface area contributed by atoms with Crippen molar-refractivity contribution in [2.75, 3.05) is 19.7 Å². The summed E-state index contributed by atoms with van der Waals surface area (Å²) in [5.74, 6) is -0.189. The second-order valence-corrected chi connectivity index (χ2v) is 8.19. The molecule has 1 amide bonds. The minimum atomic E-state index is -0.286. The van der Waals surface area contributed by atoms with E-state index in [4.69, 9.17) is 4.74 Å². The van der Waals surface area contributed by atoms with Gasteiger partial charge in [-0.3, -0.25) is 14.2 Å². The van der Waals surface area contributed by atoms with Gasteiger partial charge in [-0.05, 0) is 45.2 Å². The molecular weight excluding hydrogens is 376 g/mol. The third-order valence-electron chi connectivity index (χ3n) is 4.95. The largest absolute Gasteiger partial charge is 0.466 e. The molecule has 1 atom stereocenters. The highest BCUT2D eigenvalue weighted by Gasteiger charge is 2.31. The van der Waals surface area contributed by atoms with Gasteiger partial charge in [-0.25, -0.2) is 0 Å². The number of ether oxygens (including phenoxy) is 1. The third kappa shape index (κ3) is 4.55. The summed E-state index contributed by atoms with van der Waals surface area (Å²) in [7, 11) is 0. The maximum Gasteiger partial charge on any atom is 0.309 e. The maximum absolute atomic E-state index is 12.9.